The number of nitrogens with one attached hydrogen (secondary N) is 1. The molecule has 4 heteroatoms. The van der Waals surface area contributed by atoms with E-state index < -0.39 is 0 Å². The summed E-state index contributed by atoms with van der Waals surface area (Å²) in [6, 6.07) is 18.9. The van der Waals surface area contributed by atoms with Gasteiger partial charge in [0.1, 0.15) is 0 Å². The van der Waals surface area contributed by atoms with E-state index in [0.717, 1.165) is 22.9 Å². The average molecular weight is 507 g/mol. The first-order valence-electron chi connectivity index (χ1n) is 13.1. The zero-order valence-electron chi connectivity index (χ0n) is 22.7. The first-order valence-corrected chi connectivity index (χ1v) is 13.9. The Hall–Kier alpha value is -1.26. The number of allylic oxidation sites excluding steroid dienone is 2. The van der Waals surface area contributed by atoms with E-state index in [0.29, 0.717) is 12.5 Å². The molecule has 0 radical (unpaired) electrons. The van der Waals surface area contributed by atoms with Crippen LogP contribution in [0.4, 0.5) is 0 Å². The highest BCUT2D eigenvalue weighted by molar-refractivity contribution is 7.78. The minimum absolute atomic E-state index is 0.247. The predicted molar refractivity (Wildman–Crippen MR) is 160 cm³/mol. The van der Waals surface area contributed by atoms with Gasteiger partial charge in [-0.3, -0.25) is 4.72 Å². The summed E-state index contributed by atoms with van der Waals surface area (Å²) >= 11 is 10.3. The van der Waals surface area contributed by atoms with Crippen LogP contribution in [0.1, 0.15) is 104 Å². The zero-order valence-corrected chi connectivity index (χ0v) is 24.4. The quantitative estimate of drug-likeness (QED) is 0.246. The van der Waals surface area contributed by atoms with Gasteiger partial charge in [0.2, 0.25) is 0 Å². The van der Waals surface area contributed by atoms with E-state index in [2.05, 4.69) is 80.8 Å². The second-order valence-corrected chi connectivity index (χ2v) is 8.26. The number of thiol groups is 1. The van der Waals surface area contributed by atoms with Gasteiger partial charge in [0.15, 0.2) is 0 Å². The fraction of sp³-hybridized carbons (Fsp3) is 0.533. The Bertz CT molecular complexity index is 696. The van der Waals surface area contributed by atoms with Crippen molar-refractivity contribution in [2.24, 2.45) is 5.73 Å². The minimum Gasteiger partial charge on any atom is -0.330 e. The van der Waals surface area contributed by atoms with Gasteiger partial charge in [-0.2, -0.15) is 0 Å². The van der Waals surface area contributed by atoms with Crippen LogP contribution in [0.25, 0.3) is 0 Å². The molecule has 3 N–H and O–H groups in total. The molecule has 0 saturated heterocycles. The van der Waals surface area contributed by atoms with E-state index >= 15 is 0 Å². The van der Waals surface area contributed by atoms with Crippen LogP contribution in [0, 0.1) is 0 Å². The Morgan fingerprint density at radius 1 is 0.882 bits per heavy atom. The number of rotatable bonds is 8. The van der Waals surface area contributed by atoms with Crippen LogP contribution in [0.3, 0.4) is 0 Å². The summed E-state index contributed by atoms with van der Waals surface area (Å²) in [4.78, 5) is 0. The van der Waals surface area contributed by atoms with E-state index in [1.165, 1.54) is 31.2 Å². The van der Waals surface area contributed by atoms with Crippen molar-refractivity contribution < 1.29 is 0 Å². The number of hydrogen-bond donors (Lipinski definition) is 3. The molecule has 1 aliphatic rings. The molecule has 0 aliphatic heterocycles. The monoisotopic (exact) mass is 506 g/mol. The van der Waals surface area contributed by atoms with Crippen LogP contribution in [-0.4, -0.2) is 12.6 Å². The molecule has 2 aromatic rings. The van der Waals surface area contributed by atoms with Gasteiger partial charge in [0.25, 0.3) is 0 Å². The van der Waals surface area contributed by atoms with Gasteiger partial charge < -0.3 is 5.73 Å². The highest BCUT2D eigenvalue weighted by Crippen LogP contribution is 2.29. The lowest BCUT2D eigenvalue weighted by atomic mass is 9.90. The van der Waals surface area contributed by atoms with Crippen molar-refractivity contribution in [3.8, 4) is 0 Å². The third-order valence-electron chi connectivity index (χ3n) is 5.51. The molecule has 0 fully saturated rings. The number of benzene rings is 2. The Morgan fingerprint density at radius 3 is 1.74 bits per heavy atom. The van der Waals surface area contributed by atoms with Crippen molar-refractivity contribution in [2.75, 3.05) is 6.54 Å². The summed E-state index contributed by atoms with van der Waals surface area (Å²) in [5, 5.41) is 0.798. The molecule has 0 bridgehead atoms. The summed E-state index contributed by atoms with van der Waals surface area (Å²) in [6.07, 6.45) is 10.4. The maximum atomic E-state index is 6.16. The van der Waals surface area contributed by atoms with Crippen molar-refractivity contribution in [3.05, 3.63) is 82.9 Å². The minimum atomic E-state index is 0.247. The summed E-state index contributed by atoms with van der Waals surface area (Å²) in [5.41, 5.74) is 8.23. The second kappa shape index (κ2) is 24.9. The first kappa shape index (κ1) is 34.9. The lowest BCUT2D eigenvalue weighted by Gasteiger charge is -2.23. The van der Waals surface area contributed by atoms with Crippen LogP contribution < -0.4 is 10.5 Å². The van der Waals surface area contributed by atoms with E-state index in [9.17, 15) is 0 Å². The smallest absolute Gasteiger partial charge is 0.0441 e. The molecule has 0 aromatic heterocycles. The average Bonchev–Trinajstić information content (AvgIpc) is 2.86. The maximum absolute atomic E-state index is 6.16. The summed E-state index contributed by atoms with van der Waals surface area (Å²) in [5.74, 6) is 1.07. The fourth-order valence-corrected chi connectivity index (χ4v) is 3.83. The van der Waals surface area contributed by atoms with Gasteiger partial charge in [-0.1, -0.05) is 127 Å². The normalized spacial score (nSPS) is 12.7. The van der Waals surface area contributed by atoms with E-state index in [1.807, 2.05) is 52.0 Å². The van der Waals surface area contributed by atoms with Crippen LogP contribution in [0.5, 0.6) is 0 Å². The Kier molecular flexibility index (Phi) is 25.5. The lowest BCUT2D eigenvalue weighted by Crippen LogP contribution is -2.27. The SMILES string of the molecule is C1=CCC1.CC.CC.CC(NS)C(CCN)c1ccccc1Cl.CCC(CC)c1ccccc1. The van der Waals surface area contributed by atoms with Crippen molar-refractivity contribution in [1.29, 1.82) is 0 Å². The molecule has 2 aromatic carbocycles. The van der Waals surface area contributed by atoms with Gasteiger partial charge in [-0.25, -0.2) is 0 Å². The second-order valence-electron chi connectivity index (χ2n) is 7.60. The lowest BCUT2D eigenvalue weighted by molar-refractivity contribution is 0.514. The molecule has 0 heterocycles. The van der Waals surface area contributed by atoms with Crippen LogP contribution in [0.15, 0.2) is 66.7 Å². The summed E-state index contributed by atoms with van der Waals surface area (Å²) in [6.45, 7) is 15.2. The largest absolute Gasteiger partial charge is 0.330 e. The van der Waals surface area contributed by atoms with E-state index in [-0.39, 0.29) is 6.04 Å². The third-order valence-corrected chi connectivity index (χ3v) is 6.26. The standard InChI is InChI=1S/C11H17ClN2S.C11H16.C4H6.2C2H6/c1-8(14-15)9(6-7-13)10-4-2-3-5-11(10)12;1-3-10(4-2)11-8-6-5-7-9-11;1-2-4-3-1;2*1-2/h2-5,8-9,14-15H,6-7,13H2,1H3;5-10H,3-4H2,1-2H3;1-2H,3-4H2;2*1-2H3. The molecule has 3 rings (SSSR count). The van der Waals surface area contributed by atoms with E-state index in [1.54, 1.807) is 0 Å². The number of halogens is 1. The molecule has 2 atom stereocenters. The van der Waals surface area contributed by atoms with Crippen molar-refractivity contribution in [1.82, 2.24) is 4.72 Å². The summed E-state index contributed by atoms with van der Waals surface area (Å²) < 4.78 is 2.96. The fourth-order valence-electron chi connectivity index (χ4n) is 3.37. The molecule has 0 amide bonds. The third kappa shape index (κ3) is 14.9. The Morgan fingerprint density at radius 2 is 1.35 bits per heavy atom. The van der Waals surface area contributed by atoms with Crippen molar-refractivity contribution >= 4 is 24.4 Å². The molecule has 194 valence electrons. The van der Waals surface area contributed by atoms with Crippen molar-refractivity contribution in [3.63, 3.8) is 0 Å². The molecule has 1 aliphatic carbocycles. The maximum Gasteiger partial charge on any atom is 0.0441 e. The highest BCUT2D eigenvalue weighted by atomic mass is 35.5. The van der Waals surface area contributed by atoms with Crippen molar-refractivity contribution in [2.45, 2.75) is 98.4 Å². The summed E-state index contributed by atoms with van der Waals surface area (Å²) in [7, 11) is 0. The highest BCUT2D eigenvalue weighted by Gasteiger charge is 2.19. The van der Waals surface area contributed by atoms with Gasteiger partial charge >= 0.3 is 0 Å². The van der Waals surface area contributed by atoms with Crippen LogP contribution in [-0.2, 0) is 0 Å². The van der Waals surface area contributed by atoms with Crippen LogP contribution in [0.2, 0.25) is 5.02 Å². The number of nitrogens with two attached hydrogens (primary N) is 1. The van der Waals surface area contributed by atoms with Gasteiger partial charge in [-0.05, 0) is 68.7 Å². The topological polar surface area (TPSA) is 38.0 Å². The molecule has 2 nitrogen and oxygen atoms in total. The molecule has 0 spiro atoms. The van der Waals surface area contributed by atoms with Gasteiger partial charge in [0.05, 0.1) is 0 Å². The van der Waals surface area contributed by atoms with Gasteiger partial charge in [-0.15, -0.1) is 0 Å². The molecule has 0 saturated carbocycles. The first-order chi connectivity index (χ1) is 16.6. The molecule has 34 heavy (non-hydrogen) atoms. The Balaban J connectivity index is 0. The zero-order chi connectivity index (χ0) is 26.2. The molecule has 2 unspecified atom stereocenters. The molecular weight excluding hydrogens is 456 g/mol. The predicted octanol–water partition coefficient (Wildman–Crippen LogP) is 9.57. The van der Waals surface area contributed by atoms with Gasteiger partial charge in [0, 0.05) is 17.0 Å². The number of hydrogen-bond acceptors (Lipinski definition) is 3. The Labute approximate surface area is 222 Å². The van der Waals surface area contributed by atoms with E-state index in [4.69, 9.17) is 17.3 Å². The molecular formula is C30H51ClN2S. The van der Waals surface area contributed by atoms with Crippen LogP contribution >= 0.6 is 24.4 Å².